The summed E-state index contributed by atoms with van der Waals surface area (Å²) in [5.41, 5.74) is 2.11. The molecule has 4 rings (SSSR count). The normalized spacial score (nSPS) is 12.5. The molecule has 182 valence electrons. The average molecular weight is 486 g/mol. The molecule has 0 radical (unpaired) electrons. The van der Waals surface area contributed by atoms with Gasteiger partial charge in [-0.2, -0.15) is 5.26 Å². The summed E-state index contributed by atoms with van der Waals surface area (Å²) >= 11 is 0. The number of aromatic nitrogens is 5. The molecule has 4 aromatic rings. The van der Waals surface area contributed by atoms with Crippen molar-refractivity contribution in [3.05, 3.63) is 93.0 Å². The zero-order valence-electron chi connectivity index (χ0n) is 20.1. The maximum Gasteiger partial charge on any atom is 0.296 e. The lowest BCUT2D eigenvalue weighted by molar-refractivity contribution is 0.101. The maximum atomic E-state index is 12.9. The number of hydrogen-bond acceptors (Lipinski definition) is 9. The molecule has 0 saturated carbocycles. The molecule has 3 aromatic heterocycles. The third-order valence-electron chi connectivity index (χ3n) is 5.93. The summed E-state index contributed by atoms with van der Waals surface area (Å²) in [6.45, 7) is 5.47. The molecule has 0 aliphatic rings. The molecule has 2 atom stereocenters. The minimum atomic E-state index is -0.804. The number of rotatable bonds is 6. The summed E-state index contributed by atoms with van der Waals surface area (Å²) < 4.78 is 5.89. The number of amides is 1. The third kappa shape index (κ3) is 4.44. The van der Waals surface area contributed by atoms with E-state index in [2.05, 4.69) is 31.5 Å². The van der Waals surface area contributed by atoms with E-state index in [1.54, 1.807) is 18.3 Å². The second kappa shape index (κ2) is 9.79. The quantitative estimate of drug-likeness (QED) is 0.418. The van der Waals surface area contributed by atoms with E-state index in [1.807, 2.05) is 32.9 Å². The van der Waals surface area contributed by atoms with Crippen LogP contribution in [0.3, 0.4) is 0 Å². The fourth-order valence-electron chi connectivity index (χ4n) is 4.21. The van der Waals surface area contributed by atoms with Crippen LogP contribution in [0.2, 0.25) is 0 Å². The molecule has 0 bridgehead atoms. The Morgan fingerprint density at radius 1 is 1.22 bits per heavy atom. The second-order valence-electron chi connectivity index (χ2n) is 8.35. The van der Waals surface area contributed by atoms with Gasteiger partial charge in [-0.05, 0) is 25.5 Å². The molecule has 0 spiro atoms. The van der Waals surface area contributed by atoms with Crippen molar-refractivity contribution in [2.45, 2.75) is 32.6 Å². The molecule has 0 fully saturated rings. The SMILES string of the molecule is Cc1cnc([C@H](c2ccccc2C#N)[C@@H](C)c2nc(C(=O)Nc3cnoc3)c(O)c(=O)n2C)c(C)n1. The summed E-state index contributed by atoms with van der Waals surface area (Å²) in [6.07, 6.45) is 4.11. The topological polar surface area (TPSA) is 160 Å². The van der Waals surface area contributed by atoms with E-state index in [4.69, 9.17) is 4.52 Å². The Hall–Kier alpha value is -4.85. The highest BCUT2D eigenvalue weighted by atomic mass is 16.5. The summed E-state index contributed by atoms with van der Waals surface area (Å²) in [4.78, 5) is 39.4. The van der Waals surface area contributed by atoms with Crippen LogP contribution in [-0.2, 0) is 7.05 Å². The molecule has 3 heterocycles. The van der Waals surface area contributed by atoms with Crippen LogP contribution in [0.4, 0.5) is 5.69 Å². The molecule has 0 aliphatic heterocycles. The van der Waals surface area contributed by atoms with Gasteiger partial charge in [0.05, 0.1) is 34.9 Å². The van der Waals surface area contributed by atoms with Crippen molar-refractivity contribution >= 4 is 11.6 Å². The Labute approximate surface area is 206 Å². The van der Waals surface area contributed by atoms with E-state index < -0.39 is 34.7 Å². The highest BCUT2D eigenvalue weighted by molar-refractivity contribution is 6.04. The number of benzene rings is 1. The van der Waals surface area contributed by atoms with Gasteiger partial charge in [-0.15, -0.1) is 0 Å². The van der Waals surface area contributed by atoms with Gasteiger partial charge in [0.15, 0.2) is 5.69 Å². The Kier molecular flexibility index (Phi) is 6.60. The summed E-state index contributed by atoms with van der Waals surface area (Å²) in [5.74, 6) is -2.47. The first-order chi connectivity index (χ1) is 17.2. The van der Waals surface area contributed by atoms with Gasteiger partial charge in [0.2, 0.25) is 5.75 Å². The molecule has 0 aliphatic carbocycles. The van der Waals surface area contributed by atoms with Crippen LogP contribution in [0.5, 0.6) is 5.75 Å². The van der Waals surface area contributed by atoms with Crippen molar-refractivity contribution in [2.75, 3.05) is 5.32 Å². The predicted molar refractivity (Wildman–Crippen MR) is 129 cm³/mol. The molecular formula is C25H23N7O4. The third-order valence-corrected chi connectivity index (χ3v) is 5.93. The number of nitrogens with one attached hydrogen (secondary N) is 1. The number of aromatic hydroxyl groups is 1. The molecule has 36 heavy (non-hydrogen) atoms. The molecular weight excluding hydrogens is 462 g/mol. The first-order valence-corrected chi connectivity index (χ1v) is 11.0. The Morgan fingerprint density at radius 3 is 2.64 bits per heavy atom. The van der Waals surface area contributed by atoms with Gasteiger partial charge in [0.1, 0.15) is 17.8 Å². The summed E-state index contributed by atoms with van der Waals surface area (Å²) in [5, 5.41) is 26.2. The van der Waals surface area contributed by atoms with Gasteiger partial charge >= 0.3 is 0 Å². The van der Waals surface area contributed by atoms with Crippen LogP contribution in [0, 0.1) is 25.2 Å². The standard InChI is InChI=1S/C25H23N7O4/c1-13-10-27-20(15(3)29-13)19(18-8-6-5-7-16(18)9-26)14(2)23-31-21(22(33)25(35)32(23)4)24(34)30-17-11-28-36-12-17/h5-8,10-12,14,19,33H,1-4H3,(H,30,34)/t14-,19+/m1/s1. The highest BCUT2D eigenvalue weighted by Crippen LogP contribution is 2.39. The largest absolute Gasteiger partial charge is 0.501 e. The lowest BCUT2D eigenvalue weighted by Crippen LogP contribution is -2.30. The number of nitriles is 1. The highest BCUT2D eigenvalue weighted by Gasteiger charge is 2.32. The number of hydrogen-bond donors (Lipinski definition) is 2. The van der Waals surface area contributed by atoms with Gasteiger partial charge < -0.3 is 14.9 Å². The van der Waals surface area contributed by atoms with E-state index in [-0.39, 0.29) is 11.5 Å². The lowest BCUT2D eigenvalue weighted by Gasteiger charge is -2.27. The fourth-order valence-corrected chi connectivity index (χ4v) is 4.21. The molecule has 0 saturated heterocycles. The Bertz CT molecular complexity index is 1540. The predicted octanol–water partition coefficient (Wildman–Crippen LogP) is 2.94. The van der Waals surface area contributed by atoms with E-state index in [0.717, 1.165) is 5.69 Å². The van der Waals surface area contributed by atoms with Crippen molar-refractivity contribution in [1.82, 2.24) is 24.7 Å². The lowest BCUT2D eigenvalue weighted by atomic mass is 9.81. The van der Waals surface area contributed by atoms with E-state index in [9.17, 15) is 20.0 Å². The van der Waals surface area contributed by atoms with Crippen molar-refractivity contribution in [3.8, 4) is 11.8 Å². The summed E-state index contributed by atoms with van der Waals surface area (Å²) in [6, 6.07) is 9.31. The second-order valence-corrected chi connectivity index (χ2v) is 8.35. The fraction of sp³-hybridized carbons (Fsp3) is 0.240. The Balaban J connectivity index is 1.90. The van der Waals surface area contributed by atoms with Crippen LogP contribution < -0.4 is 10.9 Å². The smallest absolute Gasteiger partial charge is 0.296 e. The van der Waals surface area contributed by atoms with E-state index >= 15 is 0 Å². The van der Waals surface area contributed by atoms with Crippen molar-refractivity contribution in [2.24, 2.45) is 7.05 Å². The summed E-state index contributed by atoms with van der Waals surface area (Å²) in [7, 11) is 1.46. The molecule has 11 nitrogen and oxygen atoms in total. The van der Waals surface area contributed by atoms with Crippen molar-refractivity contribution in [3.63, 3.8) is 0 Å². The minimum absolute atomic E-state index is 0.216. The molecule has 1 amide bonds. The van der Waals surface area contributed by atoms with Gasteiger partial charge in [0, 0.05) is 25.1 Å². The van der Waals surface area contributed by atoms with E-state index in [1.165, 1.54) is 24.1 Å². The number of anilines is 1. The molecule has 2 N–H and O–H groups in total. The van der Waals surface area contributed by atoms with Gasteiger partial charge in [-0.3, -0.25) is 24.1 Å². The monoisotopic (exact) mass is 485 g/mol. The number of nitrogens with zero attached hydrogens (tertiary/aromatic N) is 6. The minimum Gasteiger partial charge on any atom is -0.501 e. The first kappa shape index (κ1) is 24.3. The van der Waals surface area contributed by atoms with Crippen molar-refractivity contribution < 1.29 is 14.4 Å². The van der Waals surface area contributed by atoms with Gasteiger partial charge in [0.25, 0.3) is 11.5 Å². The zero-order chi connectivity index (χ0) is 26.0. The Morgan fingerprint density at radius 2 is 1.97 bits per heavy atom. The number of aryl methyl sites for hydroxylation is 2. The van der Waals surface area contributed by atoms with Crippen LogP contribution in [-0.4, -0.2) is 35.7 Å². The van der Waals surface area contributed by atoms with Crippen LogP contribution in [0.1, 0.15) is 63.3 Å². The number of carbonyl (C=O) groups excluding carboxylic acids is 1. The number of carbonyl (C=O) groups is 1. The molecule has 1 aromatic carbocycles. The van der Waals surface area contributed by atoms with Crippen LogP contribution >= 0.6 is 0 Å². The van der Waals surface area contributed by atoms with Crippen LogP contribution in [0.25, 0.3) is 0 Å². The van der Waals surface area contributed by atoms with Gasteiger partial charge in [-0.25, -0.2) is 4.98 Å². The average Bonchev–Trinajstić information content (AvgIpc) is 3.37. The molecule has 11 heteroatoms. The zero-order valence-corrected chi connectivity index (χ0v) is 20.1. The van der Waals surface area contributed by atoms with Crippen LogP contribution in [0.15, 0.2) is 52.2 Å². The van der Waals surface area contributed by atoms with E-state index in [0.29, 0.717) is 22.5 Å². The maximum absolute atomic E-state index is 12.9. The first-order valence-electron chi connectivity index (χ1n) is 11.0. The van der Waals surface area contributed by atoms with Gasteiger partial charge in [-0.1, -0.05) is 30.3 Å². The molecule has 0 unspecified atom stereocenters. The van der Waals surface area contributed by atoms with Crippen molar-refractivity contribution in [1.29, 1.82) is 5.26 Å².